The minimum Gasteiger partial charge on any atom is -0.379 e. The van der Waals surface area contributed by atoms with Crippen LogP contribution in [0.1, 0.15) is 5.56 Å². The molecular formula is C22H15IN2O4S. The lowest BCUT2D eigenvalue weighted by atomic mass is 10.1. The number of rotatable bonds is 6. The van der Waals surface area contributed by atoms with Crippen LogP contribution in [0.15, 0.2) is 89.3 Å². The molecule has 30 heavy (non-hydrogen) atoms. The summed E-state index contributed by atoms with van der Waals surface area (Å²) in [5.41, 5.74) is 1.05. The largest absolute Gasteiger partial charge is 0.379 e. The highest BCUT2D eigenvalue weighted by Gasteiger charge is 2.16. The van der Waals surface area contributed by atoms with Gasteiger partial charge in [0.1, 0.15) is 22.3 Å². The molecule has 0 heterocycles. The van der Waals surface area contributed by atoms with Crippen LogP contribution in [-0.2, 0) is 14.9 Å². The van der Waals surface area contributed by atoms with E-state index in [-0.39, 0.29) is 16.2 Å². The Balaban J connectivity index is 1.74. The zero-order valence-corrected chi connectivity index (χ0v) is 18.4. The van der Waals surface area contributed by atoms with Gasteiger partial charge in [0.25, 0.3) is 5.91 Å². The first-order chi connectivity index (χ1) is 14.4. The molecular weight excluding hydrogens is 515 g/mol. The van der Waals surface area contributed by atoms with Gasteiger partial charge in [0.05, 0.1) is 0 Å². The fourth-order valence-corrected chi connectivity index (χ4v) is 3.96. The number of carbonyl (C=O) groups excluding carboxylic acids is 1. The summed E-state index contributed by atoms with van der Waals surface area (Å²) >= 11 is 2.13. The SMILES string of the molecule is N#C/C(=C\c1ccc(OS(=O)(=O)c2ccccc2)cc1)C(=O)Nc1cccc(I)c1. The maximum atomic E-state index is 12.4. The molecule has 0 aromatic heterocycles. The van der Waals surface area contributed by atoms with Crippen LogP contribution in [0.4, 0.5) is 5.69 Å². The van der Waals surface area contributed by atoms with E-state index in [9.17, 15) is 18.5 Å². The smallest absolute Gasteiger partial charge is 0.339 e. The Kier molecular flexibility index (Phi) is 6.87. The molecule has 0 spiro atoms. The summed E-state index contributed by atoms with van der Waals surface area (Å²) in [5.74, 6) is -0.413. The number of amides is 1. The lowest BCUT2D eigenvalue weighted by Gasteiger charge is -2.07. The van der Waals surface area contributed by atoms with Crippen LogP contribution < -0.4 is 9.50 Å². The molecule has 1 amide bonds. The summed E-state index contributed by atoms with van der Waals surface area (Å²) < 4.78 is 30.6. The number of carbonyl (C=O) groups is 1. The van der Waals surface area contributed by atoms with E-state index in [4.69, 9.17) is 4.18 Å². The standard InChI is InChI=1S/C22H15IN2O4S/c23-18-5-4-6-19(14-18)25-22(26)17(15-24)13-16-9-11-20(12-10-16)29-30(27,28)21-7-2-1-3-8-21/h1-14H,(H,25,26)/b17-13+. The van der Waals surface area contributed by atoms with Gasteiger partial charge in [-0.05, 0) is 76.7 Å². The maximum absolute atomic E-state index is 12.4. The van der Waals surface area contributed by atoms with E-state index in [1.165, 1.54) is 30.3 Å². The molecule has 0 aliphatic heterocycles. The van der Waals surface area contributed by atoms with Crippen molar-refractivity contribution in [2.75, 3.05) is 5.32 Å². The van der Waals surface area contributed by atoms with E-state index in [0.29, 0.717) is 11.3 Å². The average molecular weight is 530 g/mol. The van der Waals surface area contributed by atoms with Gasteiger partial charge in [-0.3, -0.25) is 4.79 Å². The predicted octanol–water partition coefficient (Wildman–Crippen LogP) is 4.60. The van der Waals surface area contributed by atoms with E-state index in [2.05, 4.69) is 27.9 Å². The first-order valence-corrected chi connectivity index (χ1v) is 11.1. The number of benzene rings is 3. The van der Waals surface area contributed by atoms with Gasteiger partial charge in [0.2, 0.25) is 0 Å². The normalized spacial score (nSPS) is 11.4. The van der Waals surface area contributed by atoms with Crippen molar-refractivity contribution >= 4 is 50.4 Å². The molecule has 0 bridgehead atoms. The fourth-order valence-electron chi connectivity index (χ4n) is 2.46. The molecule has 3 rings (SSSR count). The number of hydrogen-bond donors (Lipinski definition) is 1. The Hall–Kier alpha value is -3.16. The summed E-state index contributed by atoms with van der Waals surface area (Å²) in [6.45, 7) is 0. The van der Waals surface area contributed by atoms with Gasteiger partial charge < -0.3 is 9.50 Å². The molecule has 0 aliphatic carbocycles. The zero-order valence-electron chi connectivity index (χ0n) is 15.4. The second-order valence-electron chi connectivity index (χ2n) is 6.05. The Morgan fingerprint density at radius 3 is 2.33 bits per heavy atom. The summed E-state index contributed by atoms with van der Waals surface area (Å²) in [4.78, 5) is 12.4. The summed E-state index contributed by atoms with van der Waals surface area (Å²) in [5, 5.41) is 12.0. The average Bonchev–Trinajstić information content (AvgIpc) is 2.73. The minimum absolute atomic E-state index is 0.0491. The number of halogens is 1. The van der Waals surface area contributed by atoms with Crippen LogP contribution in [0.5, 0.6) is 5.75 Å². The van der Waals surface area contributed by atoms with Gasteiger partial charge in [0.15, 0.2) is 0 Å². The zero-order chi connectivity index (χ0) is 21.6. The van der Waals surface area contributed by atoms with E-state index < -0.39 is 16.0 Å². The number of nitriles is 1. The molecule has 0 atom stereocenters. The van der Waals surface area contributed by atoms with Gasteiger partial charge in [-0.15, -0.1) is 0 Å². The molecule has 1 N–H and O–H groups in total. The molecule has 0 saturated heterocycles. The van der Waals surface area contributed by atoms with E-state index in [1.54, 1.807) is 48.5 Å². The van der Waals surface area contributed by atoms with Gasteiger partial charge in [-0.1, -0.05) is 36.4 Å². The number of nitrogens with zero attached hydrogens (tertiary/aromatic N) is 1. The number of hydrogen-bond acceptors (Lipinski definition) is 5. The molecule has 6 nitrogen and oxygen atoms in total. The minimum atomic E-state index is -3.94. The molecule has 0 radical (unpaired) electrons. The Bertz CT molecular complexity index is 1230. The van der Waals surface area contributed by atoms with Crippen LogP contribution in [0.2, 0.25) is 0 Å². The van der Waals surface area contributed by atoms with Crippen LogP contribution >= 0.6 is 22.6 Å². The topological polar surface area (TPSA) is 96.3 Å². The monoisotopic (exact) mass is 530 g/mol. The molecule has 3 aromatic rings. The molecule has 8 heteroatoms. The van der Waals surface area contributed by atoms with Crippen molar-refractivity contribution < 1.29 is 17.4 Å². The second-order valence-corrected chi connectivity index (χ2v) is 8.85. The highest BCUT2D eigenvalue weighted by Crippen LogP contribution is 2.20. The summed E-state index contributed by atoms with van der Waals surface area (Å²) in [7, 11) is -3.94. The van der Waals surface area contributed by atoms with Crippen LogP contribution in [-0.4, -0.2) is 14.3 Å². The van der Waals surface area contributed by atoms with Crippen molar-refractivity contribution in [1.29, 1.82) is 5.26 Å². The lowest BCUT2D eigenvalue weighted by Crippen LogP contribution is -2.13. The quantitative estimate of drug-likeness (QED) is 0.218. The van der Waals surface area contributed by atoms with Gasteiger partial charge >= 0.3 is 10.1 Å². The van der Waals surface area contributed by atoms with Crippen molar-refractivity contribution in [2.24, 2.45) is 0 Å². The van der Waals surface area contributed by atoms with Crippen molar-refractivity contribution in [3.05, 3.63) is 93.6 Å². The molecule has 3 aromatic carbocycles. The van der Waals surface area contributed by atoms with Crippen molar-refractivity contribution in [3.8, 4) is 11.8 Å². The predicted molar refractivity (Wildman–Crippen MR) is 122 cm³/mol. The fraction of sp³-hybridized carbons (Fsp3) is 0. The summed E-state index contributed by atoms with van der Waals surface area (Å²) in [6.07, 6.45) is 1.42. The third kappa shape index (κ3) is 5.68. The summed E-state index contributed by atoms with van der Waals surface area (Å²) in [6, 6.07) is 22.9. The Labute approximate surface area is 188 Å². The number of anilines is 1. The Morgan fingerprint density at radius 1 is 1.00 bits per heavy atom. The van der Waals surface area contributed by atoms with Gasteiger partial charge in [0, 0.05) is 9.26 Å². The van der Waals surface area contributed by atoms with Crippen molar-refractivity contribution in [1.82, 2.24) is 0 Å². The van der Waals surface area contributed by atoms with Gasteiger partial charge in [-0.25, -0.2) is 0 Å². The van der Waals surface area contributed by atoms with E-state index in [0.717, 1.165) is 3.57 Å². The van der Waals surface area contributed by atoms with E-state index >= 15 is 0 Å². The molecule has 0 aliphatic rings. The first-order valence-electron chi connectivity index (χ1n) is 8.66. The molecule has 0 saturated carbocycles. The molecule has 0 unspecified atom stereocenters. The highest BCUT2D eigenvalue weighted by molar-refractivity contribution is 14.1. The maximum Gasteiger partial charge on any atom is 0.339 e. The third-order valence-corrected chi connectivity index (χ3v) is 5.81. The molecule has 0 fully saturated rings. The number of nitrogens with one attached hydrogen (secondary N) is 1. The second kappa shape index (κ2) is 9.56. The van der Waals surface area contributed by atoms with Crippen molar-refractivity contribution in [3.63, 3.8) is 0 Å². The van der Waals surface area contributed by atoms with Crippen LogP contribution in [0.3, 0.4) is 0 Å². The highest BCUT2D eigenvalue weighted by atomic mass is 127. The van der Waals surface area contributed by atoms with Crippen LogP contribution in [0.25, 0.3) is 6.08 Å². The van der Waals surface area contributed by atoms with Crippen LogP contribution in [0, 0.1) is 14.9 Å². The van der Waals surface area contributed by atoms with Crippen molar-refractivity contribution in [2.45, 2.75) is 4.90 Å². The Morgan fingerprint density at radius 2 is 1.70 bits per heavy atom. The molecule has 150 valence electrons. The first kappa shape index (κ1) is 21.5. The lowest BCUT2D eigenvalue weighted by molar-refractivity contribution is -0.112. The van der Waals surface area contributed by atoms with Gasteiger partial charge in [-0.2, -0.15) is 13.7 Å². The third-order valence-electron chi connectivity index (χ3n) is 3.88. The van der Waals surface area contributed by atoms with E-state index in [1.807, 2.05) is 12.1 Å².